The SMILES string of the molecule is COc1ccc(OC)c(N(CC(=O)N(Cc2ccccc2Cl)C(C)C(=O)NC(C)C)S(=O)(=O)c2ccc(C)cc2)c1. The van der Waals surface area contributed by atoms with E-state index in [4.69, 9.17) is 21.1 Å². The molecule has 1 unspecified atom stereocenters. The average Bonchev–Trinajstić information content (AvgIpc) is 2.94. The summed E-state index contributed by atoms with van der Waals surface area (Å²) < 4.78 is 40.0. The summed E-state index contributed by atoms with van der Waals surface area (Å²) in [5.41, 5.74) is 1.60. The fourth-order valence-electron chi connectivity index (χ4n) is 4.14. The topological polar surface area (TPSA) is 105 Å². The van der Waals surface area contributed by atoms with E-state index in [2.05, 4.69) is 5.32 Å². The summed E-state index contributed by atoms with van der Waals surface area (Å²) in [6.07, 6.45) is 0. The summed E-state index contributed by atoms with van der Waals surface area (Å²) >= 11 is 6.41. The lowest BCUT2D eigenvalue weighted by atomic mass is 10.1. The zero-order valence-corrected chi connectivity index (χ0v) is 25.6. The number of aryl methyl sites for hydroxylation is 1. The Balaban J connectivity index is 2.14. The van der Waals surface area contributed by atoms with Crippen LogP contribution in [0.4, 0.5) is 5.69 Å². The van der Waals surface area contributed by atoms with Crippen LogP contribution in [0.5, 0.6) is 11.5 Å². The van der Waals surface area contributed by atoms with E-state index in [-0.39, 0.29) is 34.8 Å². The van der Waals surface area contributed by atoms with Gasteiger partial charge >= 0.3 is 0 Å². The first-order valence-electron chi connectivity index (χ1n) is 13.0. The highest BCUT2D eigenvalue weighted by Gasteiger charge is 2.34. The average molecular weight is 602 g/mol. The second-order valence-corrected chi connectivity index (χ2v) is 12.1. The van der Waals surface area contributed by atoms with E-state index in [9.17, 15) is 18.0 Å². The molecule has 0 heterocycles. The smallest absolute Gasteiger partial charge is 0.264 e. The standard InChI is InChI=1S/C30H36ClN3O6S/c1-20(2)32-30(36)22(4)33(18-23-9-7-8-10-26(23)31)29(35)19-34(27-17-24(39-5)13-16-28(27)40-6)41(37,38)25-14-11-21(3)12-15-25/h7-17,20,22H,18-19H2,1-6H3,(H,32,36). The summed E-state index contributed by atoms with van der Waals surface area (Å²) in [6, 6.07) is 16.9. The van der Waals surface area contributed by atoms with Gasteiger partial charge in [-0.15, -0.1) is 0 Å². The largest absolute Gasteiger partial charge is 0.497 e. The highest BCUT2D eigenvalue weighted by Crippen LogP contribution is 2.36. The Bertz CT molecular complexity index is 1480. The number of carbonyl (C=O) groups excluding carboxylic acids is 2. The zero-order chi connectivity index (χ0) is 30.3. The van der Waals surface area contributed by atoms with Crippen LogP contribution in [0.1, 0.15) is 31.9 Å². The summed E-state index contributed by atoms with van der Waals surface area (Å²) in [5, 5.41) is 3.24. The maximum absolute atomic E-state index is 14.1. The van der Waals surface area contributed by atoms with Crippen molar-refractivity contribution < 1.29 is 27.5 Å². The molecule has 0 radical (unpaired) electrons. The van der Waals surface area contributed by atoms with E-state index in [0.717, 1.165) is 9.87 Å². The highest BCUT2D eigenvalue weighted by molar-refractivity contribution is 7.92. The number of hydrogen-bond acceptors (Lipinski definition) is 6. The van der Waals surface area contributed by atoms with Gasteiger partial charge in [0.05, 0.1) is 24.8 Å². The predicted octanol–water partition coefficient (Wildman–Crippen LogP) is 4.80. The van der Waals surface area contributed by atoms with Crippen molar-refractivity contribution >= 4 is 39.1 Å². The quantitative estimate of drug-likeness (QED) is 0.320. The number of hydrogen-bond donors (Lipinski definition) is 1. The second-order valence-electron chi connectivity index (χ2n) is 9.81. The molecule has 1 atom stereocenters. The number of nitrogens with zero attached hydrogens (tertiary/aromatic N) is 2. The maximum atomic E-state index is 14.1. The van der Waals surface area contributed by atoms with Gasteiger partial charge in [-0.25, -0.2) is 8.42 Å². The fraction of sp³-hybridized carbons (Fsp3) is 0.333. The Morgan fingerprint density at radius 2 is 1.61 bits per heavy atom. The number of anilines is 1. The van der Waals surface area contributed by atoms with E-state index in [1.165, 1.54) is 37.3 Å². The molecule has 0 bridgehead atoms. The van der Waals surface area contributed by atoms with Crippen molar-refractivity contribution in [2.45, 2.75) is 51.2 Å². The third-order valence-corrected chi connectivity index (χ3v) is 8.58. The molecule has 0 saturated carbocycles. The fourth-order valence-corrected chi connectivity index (χ4v) is 5.75. The van der Waals surface area contributed by atoms with Gasteiger partial charge in [-0.1, -0.05) is 47.5 Å². The number of carbonyl (C=O) groups is 2. The van der Waals surface area contributed by atoms with E-state index in [0.29, 0.717) is 16.3 Å². The van der Waals surface area contributed by atoms with Crippen molar-refractivity contribution in [3.05, 3.63) is 82.9 Å². The van der Waals surface area contributed by atoms with Crippen LogP contribution < -0.4 is 19.1 Å². The Morgan fingerprint density at radius 1 is 0.951 bits per heavy atom. The van der Waals surface area contributed by atoms with Gasteiger partial charge in [-0.3, -0.25) is 13.9 Å². The van der Waals surface area contributed by atoms with Gasteiger partial charge in [-0.05, 0) is 63.6 Å². The molecule has 1 N–H and O–H groups in total. The molecule has 0 aromatic heterocycles. The third-order valence-electron chi connectivity index (χ3n) is 6.44. The molecular weight excluding hydrogens is 566 g/mol. The first kappa shape index (κ1) is 31.8. The van der Waals surface area contributed by atoms with E-state index >= 15 is 0 Å². The Morgan fingerprint density at radius 3 is 2.20 bits per heavy atom. The number of ether oxygens (including phenoxy) is 2. The molecule has 0 saturated heterocycles. The van der Waals surface area contributed by atoms with E-state index in [1.54, 1.807) is 55.5 Å². The third kappa shape index (κ3) is 7.71. The van der Waals surface area contributed by atoms with Crippen molar-refractivity contribution in [3.8, 4) is 11.5 Å². The molecule has 0 aliphatic rings. The number of halogens is 1. The number of nitrogens with one attached hydrogen (secondary N) is 1. The molecule has 11 heteroatoms. The molecule has 0 fully saturated rings. The summed E-state index contributed by atoms with van der Waals surface area (Å²) in [6.45, 7) is 6.43. The zero-order valence-electron chi connectivity index (χ0n) is 24.0. The number of amides is 2. The highest BCUT2D eigenvalue weighted by atomic mass is 35.5. The number of benzene rings is 3. The van der Waals surface area contributed by atoms with Crippen LogP contribution in [0, 0.1) is 6.92 Å². The van der Waals surface area contributed by atoms with Gasteiger partial charge < -0.3 is 19.7 Å². The van der Waals surface area contributed by atoms with Gasteiger partial charge in [0.25, 0.3) is 10.0 Å². The lowest BCUT2D eigenvalue weighted by Crippen LogP contribution is -2.52. The van der Waals surface area contributed by atoms with Crippen LogP contribution in [0.3, 0.4) is 0 Å². The maximum Gasteiger partial charge on any atom is 0.264 e. The van der Waals surface area contributed by atoms with Crippen molar-refractivity contribution in [3.63, 3.8) is 0 Å². The van der Waals surface area contributed by atoms with Crippen LogP contribution in [0.25, 0.3) is 0 Å². The van der Waals surface area contributed by atoms with Gasteiger partial charge in [0.2, 0.25) is 11.8 Å². The number of methoxy groups -OCH3 is 2. The minimum Gasteiger partial charge on any atom is -0.497 e. The molecule has 0 spiro atoms. The van der Waals surface area contributed by atoms with Crippen molar-refractivity contribution in [2.24, 2.45) is 0 Å². The first-order chi connectivity index (χ1) is 19.4. The van der Waals surface area contributed by atoms with Gasteiger partial charge in [0, 0.05) is 23.7 Å². The molecule has 3 rings (SSSR count). The molecule has 0 aliphatic carbocycles. The Hall–Kier alpha value is -3.76. The second kappa shape index (κ2) is 13.7. The number of rotatable bonds is 12. The van der Waals surface area contributed by atoms with Gasteiger partial charge in [-0.2, -0.15) is 0 Å². The van der Waals surface area contributed by atoms with E-state index in [1.807, 2.05) is 20.8 Å². The summed E-state index contributed by atoms with van der Waals surface area (Å²) in [7, 11) is -1.42. The molecule has 9 nitrogen and oxygen atoms in total. The van der Waals surface area contributed by atoms with Crippen LogP contribution in [0.15, 0.2) is 71.6 Å². The lowest BCUT2D eigenvalue weighted by molar-refractivity contribution is -0.139. The van der Waals surface area contributed by atoms with Crippen LogP contribution in [-0.4, -0.2) is 58.0 Å². The van der Waals surface area contributed by atoms with Crippen molar-refractivity contribution in [2.75, 3.05) is 25.1 Å². The van der Waals surface area contributed by atoms with E-state index < -0.39 is 28.5 Å². The minimum atomic E-state index is -4.28. The van der Waals surface area contributed by atoms with Gasteiger partial charge in [0.1, 0.15) is 24.1 Å². The van der Waals surface area contributed by atoms with Crippen molar-refractivity contribution in [1.29, 1.82) is 0 Å². The Labute approximate surface area is 247 Å². The Kier molecular flexibility index (Phi) is 10.6. The monoisotopic (exact) mass is 601 g/mol. The van der Waals surface area contributed by atoms with Crippen molar-refractivity contribution in [1.82, 2.24) is 10.2 Å². The molecular formula is C30H36ClN3O6S. The molecule has 3 aromatic carbocycles. The first-order valence-corrected chi connectivity index (χ1v) is 14.9. The normalized spacial score (nSPS) is 12.0. The van der Waals surface area contributed by atoms with Crippen LogP contribution in [-0.2, 0) is 26.2 Å². The minimum absolute atomic E-state index is 0.0102. The molecule has 41 heavy (non-hydrogen) atoms. The molecule has 0 aliphatic heterocycles. The summed E-state index contributed by atoms with van der Waals surface area (Å²) in [4.78, 5) is 28.5. The summed E-state index contributed by atoms with van der Waals surface area (Å²) in [5.74, 6) is -0.406. The lowest BCUT2D eigenvalue weighted by Gasteiger charge is -2.33. The number of sulfonamides is 1. The predicted molar refractivity (Wildman–Crippen MR) is 160 cm³/mol. The van der Waals surface area contributed by atoms with Gasteiger partial charge in [0.15, 0.2) is 0 Å². The van der Waals surface area contributed by atoms with Crippen LogP contribution >= 0.6 is 11.6 Å². The molecule has 3 aromatic rings. The molecule has 220 valence electrons. The molecule has 2 amide bonds. The van der Waals surface area contributed by atoms with Crippen LogP contribution in [0.2, 0.25) is 5.02 Å².